The molecule has 8 heteroatoms. The van der Waals surface area contributed by atoms with Crippen LogP contribution in [0.1, 0.15) is 77.6 Å². The molecule has 51 heavy (non-hydrogen) atoms. The van der Waals surface area contributed by atoms with Crippen LogP contribution in [-0.2, 0) is 23.4 Å². The van der Waals surface area contributed by atoms with Crippen molar-refractivity contribution in [3.8, 4) is 11.8 Å². The largest absolute Gasteiger partial charge is 0.463 e. The van der Waals surface area contributed by atoms with E-state index in [0.29, 0.717) is 49.8 Å². The van der Waals surface area contributed by atoms with Crippen molar-refractivity contribution in [3.63, 3.8) is 0 Å². The summed E-state index contributed by atoms with van der Waals surface area (Å²) in [6, 6.07) is 24.2. The molecule has 6 nitrogen and oxygen atoms in total. The smallest absolute Gasteiger partial charge is 0.333 e. The molecule has 0 unspecified atom stereocenters. The zero-order valence-electron chi connectivity index (χ0n) is 32.7. The van der Waals surface area contributed by atoms with E-state index >= 15 is 0 Å². The quantitative estimate of drug-likeness (QED) is 0.0247. The van der Waals surface area contributed by atoms with E-state index in [-0.39, 0.29) is 23.7 Å². The lowest BCUT2D eigenvalue weighted by Gasteiger charge is -2.42. The number of rotatable bonds is 18. The Labute approximate surface area is 309 Å². The number of aryl methyl sites for hydroxylation is 1. The third kappa shape index (κ3) is 12.0. The predicted molar refractivity (Wildman–Crippen MR) is 215 cm³/mol. The van der Waals surface area contributed by atoms with E-state index in [1.165, 1.54) is 10.4 Å². The minimum absolute atomic E-state index is 0.0784. The average molecular weight is 729 g/mol. The van der Waals surface area contributed by atoms with Crippen molar-refractivity contribution < 1.29 is 27.8 Å². The maximum Gasteiger partial charge on any atom is 0.333 e. The average Bonchev–Trinajstić information content (AvgIpc) is 3.43. The molecule has 0 bridgehead atoms. The van der Waals surface area contributed by atoms with E-state index < -0.39 is 22.5 Å². The van der Waals surface area contributed by atoms with E-state index in [2.05, 4.69) is 119 Å². The van der Waals surface area contributed by atoms with Gasteiger partial charge in [0.1, 0.15) is 24.4 Å². The summed E-state index contributed by atoms with van der Waals surface area (Å²) in [5, 5.41) is 2.36. The topological polar surface area (TPSA) is 67.1 Å². The molecule has 0 radical (unpaired) electrons. The SMILES string of the molecule is C=C(C)[C@H](CCC#CCO[Si](c1ccccc1)(c1ccccc1)C(C)(C)C)[C@H](OCOCC[Si](C)(C)C)c1oc(/C=C(/C)C(=O)OCC)cc1C. The van der Waals surface area contributed by atoms with Gasteiger partial charge in [0.15, 0.2) is 0 Å². The van der Waals surface area contributed by atoms with Gasteiger partial charge in [-0.25, -0.2) is 4.79 Å². The summed E-state index contributed by atoms with van der Waals surface area (Å²) in [5.74, 6) is 7.58. The highest BCUT2D eigenvalue weighted by Crippen LogP contribution is 2.38. The molecule has 3 rings (SSSR count). The van der Waals surface area contributed by atoms with Crippen LogP contribution in [-0.4, -0.2) is 49.0 Å². The molecule has 0 aliphatic rings. The highest BCUT2D eigenvalue weighted by atomic mass is 28.4. The van der Waals surface area contributed by atoms with Crippen LogP contribution in [0.3, 0.4) is 0 Å². The molecule has 3 aromatic rings. The Morgan fingerprint density at radius 3 is 2.12 bits per heavy atom. The fourth-order valence-electron chi connectivity index (χ4n) is 6.25. The van der Waals surface area contributed by atoms with Crippen molar-refractivity contribution in [1.82, 2.24) is 0 Å². The van der Waals surface area contributed by atoms with Crippen molar-refractivity contribution in [2.75, 3.05) is 26.6 Å². The minimum atomic E-state index is -2.67. The van der Waals surface area contributed by atoms with Gasteiger partial charge in [0, 0.05) is 32.6 Å². The Morgan fingerprint density at radius 2 is 1.59 bits per heavy atom. The van der Waals surface area contributed by atoms with Crippen molar-refractivity contribution >= 4 is 38.8 Å². The van der Waals surface area contributed by atoms with Crippen LogP contribution in [0, 0.1) is 24.7 Å². The lowest BCUT2D eigenvalue weighted by Crippen LogP contribution is -2.66. The lowest BCUT2D eigenvalue weighted by atomic mass is 9.88. The van der Waals surface area contributed by atoms with E-state index in [0.717, 1.165) is 17.2 Å². The third-order valence-corrected chi connectivity index (χ3v) is 15.7. The fourth-order valence-corrected chi connectivity index (χ4v) is 11.5. The van der Waals surface area contributed by atoms with E-state index in [1.54, 1.807) is 19.9 Å². The number of benzene rings is 2. The lowest BCUT2D eigenvalue weighted by molar-refractivity contribution is -0.138. The molecule has 2 atom stereocenters. The van der Waals surface area contributed by atoms with Crippen LogP contribution in [0.4, 0.5) is 0 Å². The summed E-state index contributed by atoms with van der Waals surface area (Å²) in [6.45, 7) is 27.1. The van der Waals surface area contributed by atoms with Gasteiger partial charge in [-0.2, -0.15) is 0 Å². The molecule has 2 aromatic carbocycles. The van der Waals surface area contributed by atoms with Gasteiger partial charge in [-0.05, 0) is 73.3 Å². The highest BCUT2D eigenvalue weighted by Gasteiger charge is 2.50. The van der Waals surface area contributed by atoms with Crippen molar-refractivity contribution in [3.05, 3.63) is 102 Å². The van der Waals surface area contributed by atoms with Gasteiger partial charge in [-0.1, -0.05) is 119 Å². The molecule has 0 amide bonds. The number of carbonyl (C=O) groups excluding carboxylic acids is 1. The third-order valence-electron chi connectivity index (χ3n) is 9.00. The zero-order valence-corrected chi connectivity index (χ0v) is 34.7. The summed E-state index contributed by atoms with van der Waals surface area (Å²) in [5.41, 5.74) is 2.38. The normalized spacial score (nSPS) is 13.6. The molecule has 0 aliphatic carbocycles. The molecule has 0 N–H and O–H groups in total. The number of hydrogen-bond acceptors (Lipinski definition) is 6. The van der Waals surface area contributed by atoms with Gasteiger partial charge in [-0.3, -0.25) is 0 Å². The Balaban J connectivity index is 1.84. The first-order valence-corrected chi connectivity index (χ1v) is 23.7. The Bertz CT molecular complexity index is 1600. The Hall–Kier alpha value is -3.46. The summed E-state index contributed by atoms with van der Waals surface area (Å²) in [4.78, 5) is 12.3. The van der Waals surface area contributed by atoms with Gasteiger partial charge in [-0.15, -0.1) is 5.92 Å². The van der Waals surface area contributed by atoms with Crippen molar-refractivity contribution in [1.29, 1.82) is 0 Å². The van der Waals surface area contributed by atoms with Gasteiger partial charge in [0.25, 0.3) is 8.32 Å². The van der Waals surface area contributed by atoms with Crippen molar-refractivity contribution in [2.24, 2.45) is 5.92 Å². The van der Waals surface area contributed by atoms with Gasteiger partial charge in [0.05, 0.1) is 13.2 Å². The molecule has 0 aliphatic heterocycles. The second kappa shape index (κ2) is 19.4. The monoisotopic (exact) mass is 728 g/mol. The number of carbonyl (C=O) groups is 1. The molecule has 1 heterocycles. The summed E-state index contributed by atoms with van der Waals surface area (Å²) in [6.07, 6.45) is 2.62. The van der Waals surface area contributed by atoms with E-state index in [9.17, 15) is 4.79 Å². The van der Waals surface area contributed by atoms with E-state index in [4.69, 9.17) is 23.1 Å². The number of esters is 1. The standard InChI is InChI=1S/C43H60O6Si2/c1-12-46-42(44)35(5)31-36-30-34(4)40(49-36)41(47-32-45-28-29-50(9,10)11)39(33(2)3)26-20-15-21-27-48-51(43(6,7)8,37-22-16-13-17-23-37)38-24-18-14-19-25-38/h13-14,16-19,22-25,30-31,39,41H,2,12,20,26-29,32H2,1,3-11H3/b35-31-/t39-,41-/m0/s1. The zero-order chi connectivity index (χ0) is 37.7. The minimum Gasteiger partial charge on any atom is -0.463 e. The van der Waals surface area contributed by atoms with E-state index in [1.807, 2.05) is 19.9 Å². The first-order chi connectivity index (χ1) is 24.1. The van der Waals surface area contributed by atoms with Crippen molar-refractivity contribution in [2.45, 2.75) is 98.1 Å². The van der Waals surface area contributed by atoms with Gasteiger partial charge >= 0.3 is 5.97 Å². The summed E-state index contributed by atoms with van der Waals surface area (Å²) >= 11 is 0. The predicted octanol–water partition coefficient (Wildman–Crippen LogP) is 9.48. The summed E-state index contributed by atoms with van der Waals surface area (Å²) in [7, 11) is -3.91. The van der Waals surface area contributed by atoms with Gasteiger partial charge < -0.3 is 23.1 Å². The first kappa shape index (κ1) is 42.0. The fraction of sp³-hybridized carbons (Fsp3) is 0.465. The molecule has 0 fully saturated rings. The van der Waals surface area contributed by atoms with Crippen LogP contribution in [0.2, 0.25) is 30.7 Å². The Morgan fingerprint density at radius 1 is 0.980 bits per heavy atom. The van der Waals surface area contributed by atoms with Crippen LogP contribution < -0.4 is 10.4 Å². The van der Waals surface area contributed by atoms with Crippen LogP contribution in [0.25, 0.3) is 6.08 Å². The number of furan rings is 1. The molecule has 0 saturated carbocycles. The molecule has 276 valence electrons. The van der Waals surface area contributed by atoms with Crippen LogP contribution in [0.5, 0.6) is 0 Å². The van der Waals surface area contributed by atoms with Crippen LogP contribution >= 0.6 is 0 Å². The maximum absolute atomic E-state index is 12.3. The van der Waals surface area contributed by atoms with Crippen LogP contribution in [0.15, 0.2) is 88.9 Å². The Kier molecular flexibility index (Phi) is 16.0. The molecule has 0 saturated heterocycles. The second-order valence-corrected chi connectivity index (χ2v) is 25.4. The molecule has 1 aromatic heterocycles. The molecular weight excluding hydrogens is 669 g/mol. The van der Waals surface area contributed by atoms with Gasteiger partial charge in [0.2, 0.25) is 0 Å². The highest BCUT2D eigenvalue weighted by molar-refractivity contribution is 6.99. The molecular formula is C43H60O6Si2. The maximum atomic E-state index is 12.3. The number of hydrogen-bond donors (Lipinski definition) is 0. The first-order valence-electron chi connectivity index (χ1n) is 18.1. The number of ether oxygens (including phenoxy) is 3. The summed E-state index contributed by atoms with van der Waals surface area (Å²) < 4.78 is 31.0. The molecule has 0 spiro atoms. The second-order valence-electron chi connectivity index (χ2n) is 15.5.